The highest BCUT2D eigenvalue weighted by Crippen LogP contribution is 2.39. The molecule has 1 aliphatic rings. The number of fused-ring (bicyclic) bond motifs is 1. The first kappa shape index (κ1) is 20.0. The third-order valence-corrected chi connectivity index (χ3v) is 5.59. The number of anilines is 1. The summed E-state index contributed by atoms with van der Waals surface area (Å²) in [4.78, 5) is 21.2. The number of nitrogens with zero attached hydrogens (tertiary/aromatic N) is 5. The van der Waals surface area contributed by atoms with Crippen molar-refractivity contribution in [2.24, 2.45) is 5.41 Å². The van der Waals surface area contributed by atoms with Crippen LogP contribution in [0.5, 0.6) is 0 Å². The molecule has 152 valence electrons. The molecule has 1 aliphatic heterocycles. The molecule has 0 radical (unpaired) electrons. The van der Waals surface area contributed by atoms with Crippen molar-refractivity contribution < 1.29 is 4.79 Å². The van der Waals surface area contributed by atoms with Crippen LogP contribution in [-0.2, 0) is 17.8 Å². The van der Waals surface area contributed by atoms with Crippen LogP contribution in [0.3, 0.4) is 0 Å². The third kappa shape index (κ3) is 3.79. The number of amides is 1. The van der Waals surface area contributed by atoms with Gasteiger partial charge in [-0.3, -0.25) is 9.48 Å². The predicted octanol–water partition coefficient (Wildman–Crippen LogP) is 4.19. The highest BCUT2D eigenvalue weighted by molar-refractivity contribution is 6.33. The normalized spacial score (nSPS) is 15.3. The first-order valence-corrected chi connectivity index (χ1v) is 10.0. The van der Waals surface area contributed by atoms with E-state index in [-0.39, 0.29) is 17.0 Å². The Morgan fingerprint density at radius 2 is 2.13 bits per heavy atom. The van der Waals surface area contributed by atoms with Gasteiger partial charge in [-0.1, -0.05) is 31.5 Å². The zero-order valence-corrected chi connectivity index (χ0v) is 17.7. The van der Waals surface area contributed by atoms with Crippen molar-refractivity contribution in [2.75, 3.05) is 5.32 Å². The summed E-state index contributed by atoms with van der Waals surface area (Å²) in [6, 6.07) is 8.81. The number of pyridine rings is 2. The number of hydrogen-bond donors (Lipinski definition) is 1. The Bertz CT molecular complexity index is 1180. The van der Waals surface area contributed by atoms with E-state index in [0.29, 0.717) is 16.5 Å². The van der Waals surface area contributed by atoms with E-state index in [9.17, 15) is 4.79 Å². The number of aromatic nitrogens is 4. The van der Waals surface area contributed by atoms with Crippen molar-refractivity contribution in [3.05, 3.63) is 58.8 Å². The third-order valence-electron chi connectivity index (χ3n) is 5.29. The molecule has 0 unspecified atom stereocenters. The van der Waals surface area contributed by atoms with E-state index in [1.54, 1.807) is 31.2 Å². The predicted molar refractivity (Wildman–Crippen MR) is 114 cm³/mol. The van der Waals surface area contributed by atoms with Gasteiger partial charge in [-0.05, 0) is 37.0 Å². The molecule has 3 aromatic rings. The summed E-state index contributed by atoms with van der Waals surface area (Å²) in [6.45, 7) is 7.02. The highest BCUT2D eigenvalue weighted by Gasteiger charge is 2.32. The molecule has 0 saturated carbocycles. The van der Waals surface area contributed by atoms with Gasteiger partial charge in [0, 0.05) is 29.6 Å². The van der Waals surface area contributed by atoms with Crippen molar-refractivity contribution in [3.8, 4) is 17.2 Å². The van der Waals surface area contributed by atoms with E-state index in [4.69, 9.17) is 16.9 Å². The quantitative estimate of drug-likeness (QED) is 0.682. The van der Waals surface area contributed by atoms with Crippen molar-refractivity contribution in [2.45, 2.75) is 39.7 Å². The number of halogens is 1. The molecule has 1 N–H and O–H groups in total. The van der Waals surface area contributed by atoms with E-state index >= 15 is 0 Å². The van der Waals surface area contributed by atoms with E-state index in [0.717, 1.165) is 29.8 Å². The van der Waals surface area contributed by atoms with E-state index < -0.39 is 5.92 Å². The SMILES string of the molecule is C[C@H](C(=O)Nc1cc(-c2cnn3c2CC(C)(C)C3)c(Cl)cn1)c1cccc(C#N)n1. The summed E-state index contributed by atoms with van der Waals surface area (Å²) in [7, 11) is 0. The van der Waals surface area contributed by atoms with Gasteiger partial charge >= 0.3 is 0 Å². The molecule has 0 aliphatic carbocycles. The minimum Gasteiger partial charge on any atom is -0.310 e. The molecule has 7 nitrogen and oxygen atoms in total. The van der Waals surface area contributed by atoms with Crippen LogP contribution in [0.15, 0.2) is 36.7 Å². The van der Waals surface area contributed by atoms with Gasteiger partial charge in [0.05, 0.1) is 22.8 Å². The summed E-state index contributed by atoms with van der Waals surface area (Å²) in [6.07, 6.45) is 4.26. The monoisotopic (exact) mass is 420 g/mol. The second kappa shape index (κ2) is 7.54. The molecule has 1 amide bonds. The second-order valence-electron chi connectivity index (χ2n) is 8.32. The molecule has 0 saturated heterocycles. The summed E-state index contributed by atoms with van der Waals surface area (Å²) >= 11 is 6.44. The van der Waals surface area contributed by atoms with Crippen LogP contribution in [0.1, 0.15) is 43.8 Å². The van der Waals surface area contributed by atoms with Gasteiger partial charge in [-0.25, -0.2) is 9.97 Å². The number of hydrogen-bond acceptors (Lipinski definition) is 5. The maximum atomic E-state index is 12.7. The molecule has 0 aromatic carbocycles. The van der Waals surface area contributed by atoms with Crippen LogP contribution in [0.4, 0.5) is 5.82 Å². The van der Waals surface area contributed by atoms with Gasteiger partial charge < -0.3 is 5.32 Å². The molecule has 3 aromatic heterocycles. The van der Waals surface area contributed by atoms with Crippen molar-refractivity contribution in [3.63, 3.8) is 0 Å². The minimum absolute atomic E-state index is 0.148. The summed E-state index contributed by atoms with van der Waals surface area (Å²) in [5, 5.41) is 16.9. The summed E-state index contributed by atoms with van der Waals surface area (Å²) in [5.41, 5.74) is 3.83. The average Bonchev–Trinajstić information content (AvgIpc) is 3.23. The second-order valence-corrected chi connectivity index (χ2v) is 8.73. The molecule has 1 atom stereocenters. The number of nitrogens with one attached hydrogen (secondary N) is 1. The van der Waals surface area contributed by atoms with Gasteiger partial charge in [0.2, 0.25) is 5.91 Å². The Labute approximate surface area is 179 Å². The average molecular weight is 421 g/mol. The number of carbonyl (C=O) groups is 1. The van der Waals surface area contributed by atoms with Crippen molar-refractivity contribution >= 4 is 23.3 Å². The fraction of sp³-hybridized carbons (Fsp3) is 0.318. The number of rotatable bonds is 4. The Balaban J connectivity index is 1.59. The van der Waals surface area contributed by atoms with E-state index in [1.165, 1.54) is 6.20 Å². The molecule has 4 heterocycles. The number of carbonyl (C=O) groups excluding carboxylic acids is 1. The Morgan fingerprint density at radius 1 is 1.33 bits per heavy atom. The summed E-state index contributed by atoms with van der Waals surface area (Å²) in [5.74, 6) is -0.403. The minimum atomic E-state index is -0.541. The van der Waals surface area contributed by atoms with E-state index in [1.807, 2.05) is 16.9 Å². The van der Waals surface area contributed by atoms with Crippen LogP contribution in [0.25, 0.3) is 11.1 Å². The van der Waals surface area contributed by atoms with Gasteiger partial charge in [0.25, 0.3) is 0 Å². The van der Waals surface area contributed by atoms with Crippen LogP contribution < -0.4 is 5.32 Å². The van der Waals surface area contributed by atoms with Gasteiger partial charge in [0.15, 0.2) is 0 Å². The zero-order chi connectivity index (χ0) is 21.5. The maximum absolute atomic E-state index is 12.7. The molecule has 0 fully saturated rings. The topological polar surface area (TPSA) is 96.5 Å². The van der Waals surface area contributed by atoms with Crippen LogP contribution in [0.2, 0.25) is 5.02 Å². The molecule has 8 heteroatoms. The molecular weight excluding hydrogens is 400 g/mol. The lowest BCUT2D eigenvalue weighted by molar-refractivity contribution is -0.117. The molecule has 0 bridgehead atoms. The lowest BCUT2D eigenvalue weighted by atomic mass is 9.89. The molecule has 30 heavy (non-hydrogen) atoms. The lowest BCUT2D eigenvalue weighted by Crippen LogP contribution is -2.20. The lowest BCUT2D eigenvalue weighted by Gasteiger charge is -2.15. The number of nitriles is 1. The van der Waals surface area contributed by atoms with Crippen molar-refractivity contribution in [1.82, 2.24) is 19.7 Å². The fourth-order valence-corrected chi connectivity index (χ4v) is 3.92. The molecule has 0 spiro atoms. The highest BCUT2D eigenvalue weighted by atomic mass is 35.5. The molecular formula is C22H21ClN6O. The zero-order valence-electron chi connectivity index (χ0n) is 17.0. The largest absolute Gasteiger partial charge is 0.310 e. The Morgan fingerprint density at radius 3 is 2.90 bits per heavy atom. The van der Waals surface area contributed by atoms with Gasteiger partial charge in [-0.2, -0.15) is 10.4 Å². The van der Waals surface area contributed by atoms with Crippen molar-refractivity contribution in [1.29, 1.82) is 5.26 Å². The van der Waals surface area contributed by atoms with Gasteiger partial charge in [-0.15, -0.1) is 0 Å². The first-order valence-electron chi connectivity index (χ1n) is 9.66. The fourth-order valence-electron chi connectivity index (χ4n) is 3.71. The maximum Gasteiger partial charge on any atom is 0.234 e. The van der Waals surface area contributed by atoms with Crippen LogP contribution in [-0.4, -0.2) is 25.7 Å². The van der Waals surface area contributed by atoms with Crippen LogP contribution in [0, 0.1) is 16.7 Å². The molecule has 4 rings (SSSR count). The Hall–Kier alpha value is -3.24. The standard InChI is InChI=1S/C22H21ClN6O/c1-13(18-6-4-5-14(9-24)27-18)21(30)28-20-7-15(17(23)11-25-20)16-10-26-29-12-22(2,3)8-19(16)29/h4-7,10-11,13H,8,12H2,1-3H3,(H,25,28,30)/t13-/m0/s1. The van der Waals surface area contributed by atoms with Crippen LogP contribution >= 0.6 is 11.6 Å². The smallest absolute Gasteiger partial charge is 0.234 e. The Kier molecular flexibility index (Phi) is 5.04. The summed E-state index contributed by atoms with van der Waals surface area (Å²) < 4.78 is 2.01. The van der Waals surface area contributed by atoms with E-state index in [2.05, 4.69) is 34.2 Å². The first-order chi connectivity index (χ1) is 14.3. The van der Waals surface area contributed by atoms with Gasteiger partial charge in [0.1, 0.15) is 17.6 Å².